The second-order valence-corrected chi connectivity index (χ2v) is 9.25. The summed E-state index contributed by atoms with van der Waals surface area (Å²) in [6.45, 7) is 3.68. The zero-order valence-corrected chi connectivity index (χ0v) is 16.4. The van der Waals surface area contributed by atoms with Gasteiger partial charge in [0.25, 0.3) is 5.91 Å². The molecular weight excluding hydrogens is 386 g/mol. The van der Waals surface area contributed by atoms with Crippen LogP contribution >= 0.6 is 11.3 Å². The van der Waals surface area contributed by atoms with Gasteiger partial charge >= 0.3 is 0 Å². The normalized spacial score (nSPS) is 29.0. The molecule has 0 saturated carbocycles. The first kappa shape index (κ1) is 17.9. The fourth-order valence-corrected chi connectivity index (χ4v) is 5.37. The summed E-state index contributed by atoms with van der Waals surface area (Å²) in [5.41, 5.74) is -3.25. The van der Waals surface area contributed by atoms with E-state index in [2.05, 4.69) is 0 Å². The van der Waals surface area contributed by atoms with Gasteiger partial charge in [-0.25, -0.2) is 8.78 Å². The monoisotopic (exact) mass is 406 g/mol. The lowest BCUT2D eigenvalue weighted by atomic mass is 9.93. The van der Waals surface area contributed by atoms with Crippen LogP contribution in [0.3, 0.4) is 0 Å². The highest BCUT2D eigenvalue weighted by molar-refractivity contribution is 7.12. The Bertz CT molecular complexity index is 980. The van der Waals surface area contributed by atoms with Gasteiger partial charge in [0.1, 0.15) is 0 Å². The predicted octanol–water partition coefficient (Wildman–Crippen LogP) is 3.37. The number of amides is 1. The van der Waals surface area contributed by atoms with E-state index in [-0.39, 0.29) is 26.4 Å². The van der Waals surface area contributed by atoms with E-state index in [9.17, 15) is 4.79 Å². The van der Waals surface area contributed by atoms with Crippen LogP contribution in [0.5, 0.6) is 11.5 Å². The van der Waals surface area contributed by atoms with Crippen molar-refractivity contribution >= 4 is 22.9 Å². The van der Waals surface area contributed by atoms with Crippen LogP contribution in [0.4, 0.5) is 14.5 Å². The van der Waals surface area contributed by atoms with Gasteiger partial charge in [-0.2, -0.15) is 0 Å². The number of carbonyl (C=O) groups is 1. The van der Waals surface area contributed by atoms with E-state index in [1.165, 1.54) is 16.2 Å². The number of carbonyl (C=O) groups excluding carboxylic acids is 1. The minimum absolute atomic E-state index is 0.123. The highest BCUT2D eigenvalue weighted by Crippen LogP contribution is 2.48. The van der Waals surface area contributed by atoms with Crippen LogP contribution in [0, 0.1) is 13.8 Å². The van der Waals surface area contributed by atoms with Crippen molar-refractivity contribution in [2.45, 2.75) is 31.7 Å². The van der Waals surface area contributed by atoms with Crippen molar-refractivity contribution in [3.8, 4) is 11.5 Å². The maximum atomic E-state index is 15.7. The van der Waals surface area contributed by atoms with Crippen molar-refractivity contribution in [2.75, 3.05) is 31.3 Å². The summed E-state index contributed by atoms with van der Waals surface area (Å²) in [5, 5.41) is 0. The molecule has 5 nitrogen and oxygen atoms in total. The lowest BCUT2D eigenvalue weighted by Crippen LogP contribution is -2.47. The van der Waals surface area contributed by atoms with Crippen LogP contribution in [0.1, 0.15) is 15.3 Å². The zero-order chi connectivity index (χ0) is 19.7. The van der Waals surface area contributed by atoms with Gasteiger partial charge < -0.3 is 14.4 Å². The molecule has 3 aliphatic heterocycles. The Morgan fingerprint density at radius 2 is 1.89 bits per heavy atom. The molecule has 2 aromatic rings. The van der Waals surface area contributed by atoms with E-state index in [1.54, 1.807) is 11.0 Å². The van der Waals surface area contributed by atoms with Crippen LogP contribution in [-0.2, 0) is 11.3 Å². The van der Waals surface area contributed by atoms with Gasteiger partial charge in [-0.3, -0.25) is 9.69 Å². The highest BCUT2D eigenvalue weighted by Gasteiger charge is 2.71. The van der Waals surface area contributed by atoms with Gasteiger partial charge in [-0.05, 0) is 37.6 Å². The van der Waals surface area contributed by atoms with Crippen LogP contribution < -0.4 is 14.4 Å². The van der Waals surface area contributed by atoms with Crippen molar-refractivity contribution in [3.05, 3.63) is 39.6 Å². The number of rotatable bonds is 3. The molecule has 148 valence electrons. The fraction of sp³-hybridized carbons (Fsp3) is 0.450. The standard InChI is InChI=1S/C20H20F2N2O3S/c1-12-5-15(13(2)28-12)24-9-19(21)8-23(10-20(19,22)18(24)25)7-14-3-4-16-17(6-14)27-11-26-16/h3-6H,7-11H2,1-2H3/t19-,20+/m0/s1. The van der Waals surface area contributed by atoms with Crippen molar-refractivity contribution in [2.24, 2.45) is 0 Å². The van der Waals surface area contributed by atoms with Gasteiger partial charge in [-0.1, -0.05) is 6.07 Å². The molecule has 0 spiro atoms. The number of ether oxygens (including phenoxy) is 2. The van der Waals surface area contributed by atoms with Crippen molar-refractivity contribution in [1.29, 1.82) is 0 Å². The van der Waals surface area contributed by atoms with Gasteiger partial charge in [0, 0.05) is 29.4 Å². The molecule has 1 aromatic carbocycles. The summed E-state index contributed by atoms with van der Waals surface area (Å²) in [6, 6.07) is 7.29. The summed E-state index contributed by atoms with van der Waals surface area (Å²) in [6.07, 6.45) is 0. The number of halogens is 2. The lowest BCUT2D eigenvalue weighted by Gasteiger charge is -2.22. The fourth-order valence-electron chi connectivity index (χ4n) is 4.45. The van der Waals surface area contributed by atoms with Crippen molar-refractivity contribution < 1.29 is 23.0 Å². The molecule has 28 heavy (non-hydrogen) atoms. The first-order chi connectivity index (χ1) is 13.3. The van der Waals surface area contributed by atoms with E-state index in [0.717, 1.165) is 15.3 Å². The van der Waals surface area contributed by atoms with Gasteiger partial charge in [-0.15, -0.1) is 11.3 Å². The van der Waals surface area contributed by atoms with Crippen LogP contribution in [0.2, 0.25) is 0 Å². The summed E-state index contributed by atoms with van der Waals surface area (Å²) in [7, 11) is 0. The average Bonchev–Trinajstić information content (AvgIpc) is 3.32. The zero-order valence-electron chi connectivity index (χ0n) is 15.6. The van der Waals surface area contributed by atoms with E-state index >= 15 is 8.78 Å². The molecule has 5 rings (SSSR count). The SMILES string of the molecule is Cc1cc(N2C[C@@]3(F)CN(Cc4ccc5c(c4)OCO5)C[C@@]3(F)C2=O)c(C)s1. The van der Waals surface area contributed by atoms with Crippen LogP contribution in [0.25, 0.3) is 0 Å². The summed E-state index contributed by atoms with van der Waals surface area (Å²) in [5.74, 6) is 0.523. The number of hydrogen-bond donors (Lipinski definition) is 0. The van der Waals surface area contributed by atoms with Crippen LogP contribution in [0.15, 0.2) is 24.3 Å². The molecule has 0 N–H and O–H groups in total. The number of aryl methyl sites for hydroxylation is 2. The molecule has 2 atom stereocenters. The highest BCUT2D eigenvalue weighted by atomic mass is 32.1. The molecule has 0 bridgehead atoms. The first-order valence-corrected chi connectivity index (χ1v) is 9.98. The predicted molar refractivity (Wildman–Crippen MR) is 102 cm³/mol. The average molecular weight is 406 g/mol. The molecule has 0 aliphatic carbocycles. The minimum Gasteiger partial charge on any atom is -0.454 e. The number of thiophene rings is 1. The largest absolute Gasteiger partial charge is 0.454 e. The Kier molecular flexibility index (Phi) is 3.77. The second kappa shape index (κ2) is 5.90. The topological polar surface area (TPSA) is 42.0 Å². The Hall–Kier alpha value is -2.19. The number of anilines is 1. The molecule has 8 heteroatoms. The van der Waals surface area contributed by atoms with E-state index in [4.69, 9.17) is 9.47 Å². The van der Waals surface area contributed by atoms with Gasteiger partial charge in [0.15, 0.2) is 17.2 Å². The quantitative estimate of drug-likeness (QED) is 0.784. The van der Waals surface area contributed by atoms with Gasteiger partial charge in [0.2, 0.25) is 12.5 Å². The number of hydrogen-bond acceptors (Lipinski definition) is 5. The minimum atomic E-state index is -2.52. The lowest BCUT2D eigenvalue weighted by molar-refractivity contribution is -0.130. The van der Waals surface area contributed by atoms with Crippen molar-refractivity contribution in [1.82, 2.24) is 4.90 Å². The molecule has 2 fully saturated rings. The summed E-state index contributed by atoms with van der Waals surface area (Å²) in [4.78, 5) is 17.7. The molecule has 1 amide bonds. The molecule has 2 saturated heterocycles. The Morgan fingerprint density at radius 3 is 2.61 bits per heavy atom. The number of benzene rings is 1. The Balaban J connectivity index is 1.37. The van der Waals surface area contributed by atoms with E-state index in [1.807, 2.05) is 32.0 Å². The Labute approximate surface area is 165 Å². The molecular formula is C20H20F2N2O3S. The smallest absolute Gasteiger partial charge is 0.269 e. The molecule has 1 aromatic heterocycles. The summed E-state index contributed by atoms with van der Waals surface area (Å²) < 4.78 is 42.0. The molecule has 3 aliphatic rings. The maximum Gasteiger partial charge on any atom is 0.269 e. The second-order valence-electron chi connectivity index (χ2n) is 7.79. The van der Waals surface area contributed by atoms with Crippen LogP contribution in [-0.4, -0.2) is 48.6 Å². The number of likely N-dealkylation sites (tertiary alicyclic amines) is 1. The summed E-state index contributed by atoms with van der Waals surface area (Å²) >= 11 is 1.52. The molecule has 4 heterocycles. The van der Waals surface area contributed by atoms with E-state index in [0.29, 0.717) is 23.7 Å². The van der Waals surface area contributed by atoms with Crippen molar-refractivity contribution in [3.63, 3.8) is 0 Å². The van der Waals surface area contributed by atoms with Gasteiger partial charge in [0.05, 0.1) is 12.2 Å². The third-order valence-corrected chi connectivity index (χ3v) is 6.72. The third-order valence-electron chi connectivity index (χ3n) is 5.77. The van der Waals surface area contributed by atoms with E-state index < -0.39 is 17.2 Å². The Morgan fingerprint density at radius 1 is 1.11 bits per heavy atom. The molecule has 0 radical (unpaired) electrons. The first-order valence-electron chi connectivity index (χ1n) is 9.17. The maximum absolute atomic E-state index is 15.7. The number of nitrogens with zero attached hydrogens (tertiary/aromatic N) is 2. The number of fused-ring (bicyclic) bond motifs is 2. The third kappa shape index (κ3) is 2.47. The molecule has 0 unspecified atom stereocenters. The number of alkyl halides is 2.